The number of thiazole rings is 1. The molecule has 0 unspecified atom stereocenters. The molecule has 31 heavy (non-hydrogen) atoms. The van der Waals surface area contributed by atoms with Crippen molar-refractivity contribution in [2.75, 3.05) is 11.9 Å². The number of hydrogen-bond donors (Lipinski definition) is 1. The highest BCUT2D eigenvalue weighted by Crippen LogP contribution is 2.25. The van der Waals surface area contributed by atoms with Crippen molar-refractivity contribution in [1.82, 2.24) is 19.3 Å². The maximum atomic E-state index is 13.2. The Bertz CT molecular complexity index is 1250. The average Bonchev–Trinajstić information content (AvgIpc) is 3.50. The second-order valence-electron chi connectivity index (χ2n) is 7.57. The number of rotatable bonds is 5. The highest BCUT2D eigenvalue weighted by Gasteiger charge is 2.26. The summed E-state index contributed by atoms with van der Waals surface area (Å²) in [5.74, 6) is -0.348. The molecule has 2 aromatic rings. The van der Waals surface area contributed by atoms with E-state index in [2.05, 4.69) is 15.4 Å². The molecule has 0 radical (unpaired) electrons. The molecule has 158 valence electrons. The van der Waals surface area contributed by atoms with Crippen molar-refractivity contribution >= 4 is 22.4 Å². The monoisotopic (exact) mass is 435 g/mol. The van der Waals surface area contributed by atoms with Gasteiger partial charge in [-0.1, -0.05) is 18.2 Å². The number of aromatic nitrogens is 4. The van der Waals surface area contributed by atoms with E-state index in [1.807, 2.05) is 47.2 Å². The third kappa shape index (κ3) is 3.89. The SMILES string of the molecule is Cc1csc(NC(=O)c2cn(C[C@H]3CCCO3)cc3c(=O)n(-c4ccccc4)nc2-3)n1. The molecule has 1 atom stereocenters. The summed E-state index contributed by atoms with van der Waals surface area (Å²) in [4.78, 5) is 30.6. The molecule has 5 rings (SSSR count). The topological polar surface area (TPSA) is 91.0 Å². The Hall–Kier alpha value is -3.30. The second-order valence-corrected chi connectivity index (χ2v) is 8.42. The molecule has 1 aromatic carbocycles. The molecular weight excluding hydrogens is 414 g/mol. The molecular formula is C22H21N5O3S. The summed E-state index contributed by atoms with van der Waals surface area (Å²) in [5.41, 5.74) is 2.31. The third-order valence-electron chi connectivity index (χ3n) is 5.25. The van der Waals surface area contributed by atoms with Crippen LogP contribution in [0.25, 0.3) is 16.9 Å². The molecule has 0 bridgehead atoms. The zero-order valence-corrected chi connectivity index (χ0v) is 17.8. The lowest BCUT2D eigenvalue weighted by Crippen LogP contribution is -2.20. The minimum atomic E-state index is -0.348. The molecule has 0 spiro atoms. The van der Waals surface area contributed by atoms with Gasteiger partial charge in [0.25, 0.3) is 11.5 Å². The Labute approximate surface area is 182 Å². The molecule has 1 amide bonds. The normalized spacial score (nSPS) is 16.1. The van der Waals surface area contributed by atoms with Crippen LogP contribution < -0.4 is 10.9 Å². The largest absolute Gasteiger partial charge is 0.376 e. The van der Waals surface area contributed by atoms with Gasteiger partial charge in [-0.15, -0.1) is 11.3 Å². The van der Waals surface area contributed by atoms with Crippen molar-refractivity contribution in [2.24, 2.45) is 0 Å². The van der Waals surface area contributed by atoms with Crippen LogP contribution in [0.2, 0.25) is 0 Å². The highest BCUT2D eigenvalue weighted by molar-refractivity contribution is 7.13. The summed E-state index contributed by atoms with van der Waals surface area (Å²) in [5, 5.41) is 9.72. The van der Waals surface area contributed by atoms with Crippen LogP contribution in [0.4, 0.5) is 5.13 Å². The zero-order chi connectivity index (χ0) is 21.4. The second kappa shape index (κ2) is 8.09. The molecule has 9 heteroatoms. The number of aryl methyl sites for hydroxylation is 1. The summed E-state index contributed by atoms with van der Waals surface area (Å²) >= 11 is 1.36. The van der Waals surface area contributed by atoms with Crippen LogP contribution in [0.1, 0.15) is 28.9 Å². The first-order valence-corrected chi connectivity index (χ1v) is 11.0. The first-order valence-electron chi connectivity index (χ1n) is 10.1. The number of fused-ring (bicyclic) bond motifs is 1. The van der Waals surface area contributed by atoms with Gasteiger partial charge in [-0.05, 0) is 31.9 Å². The smallest absolute Gasteiger partial charge is 0.282 e. The number of carbonyl (C=O) groups is 1. The van der Waals surface area contributed by atoms with Crippen molar-refractivity contribution in [3.63, 3.8) is 0 Å². The standard InChI is InChI=1S/C22H21N5O3S/c1-14-13-31-22(23-14)24-20(28)17-11-26(10-16-8-5-9-30-16)12-18-19(17)25-27(21(18)29)15-6-3-2-4-7-15/h2-4,6-7,11-13,16H,5,8-10H2,1H3,(H,23,24,28)/t16-/m1/s1. The minimum Gasteiger partial charge on any atom is -0.376 e. The van der Waals surface area contributed by atoms with Gasteiger partial charge < -0.3 is 9.30 Å². The van der Waals surface area contributed by atoms with E-state index in [0.717, 1.165) is 25.1 Å². The van der Waals surface area contributed by atoms with Gasteiger partial charge in [-0.3, -0.25) is 14.9 Å². The summed E-state index contributed by atoms with van der Waals surface area (Å²) in [6, 6.07) is 9.19. The van der Waals surface area contributed by atoms with Gasteiger partial charge in [-0.2, -0.15) is 9.78 Å². The molecule has 4 heterocycles. The van der Waals surface area contributed by atoms with E-state index in [0.29, 0.717) is 34.2 Å². The van der Waals surface area contributed by atoms with E-state index in [1.165, 1.54) is 16.0 Å². The first kappa shape index (κ1) is 19.7. The number of para-hydroxylation sites is 1. The van der Waals surface area contributed by atoms with Crippen LogP contribution in [0, 0.1) is 6.92 Å². The summed E-state index contributed by atoms with van der Waals surface area (Å²) < 4.78 is 8.94. The van der Waals surface area contributed by atoms with E-state index in [4.69, 9.17) is 4.74 Å². The Morgan fingerprint density at radius 1 is 1.29 bits per heavy atom. The molecule has 0 saturated carbocycles. The van der Waals surface area contributed by atoms with E-state index in [-0.39, 0.29) is 17.6 Å². The van der Waals surface area contributed by atoms with Gasteiger partial charge in [-0.25, -0.2) is 4.98 Å². The number of nitrogens with one attached hydrogen (secondary N) is 1. The molecule has 1 aromatic heterocycles. The Balaban J connectivity index is 1.60. The maximum Gasteiger partial charge on any atom is 0.282 e. The van der Waals surface area contributed by atoms with Crippen molar-refractivity contribution in [3.8, 4) is 16.9 Å². The lowest BCUT2D eigenvalue weighted by molar-refractivity contribution is 0.0961. The van der Waals surface area contributed by atoms with Gasteiger partial charge >= 0.3 is 0 Å². The number of amides is 1. The number of nitrogens with zero attached hydrogens (tertiary/aromatic N) is 4. The number of anilines is 1. The average molecular weight is 436 g/mol. The van der Waals surface area contributed by atoms with Crippen LogP contribution in [0.3, 0.4) is 0 Å². The minimum absolute atomic E-state index is 0.0687. The number of ether oxygens (including phenoxy) is 1. The van der Waals surface area contributed by atoms with E-state index < -0.39 is 0 Å². The molecule has 1 fully saturated rings. The zero-order valence-electron chi connectivity index (χ0n) is 16.9. The fourth-order valence-corrected chi connectivity index (χ4v) is 4.46. The number of benzene rings is 1. The fourth-order valence-electron chi connectivity index (χ4n) is 3.78. The van der Waals surface area contributed by atoms with Crippen LogP contribution in [-0.2, 0) is 11.3 Å². The maximum absolute atomic E-state index is 13.2. The van der Waals surface area contributed by atoms with Gasteiger partial charge in [0.1, 0.15) is 5.69 Å². The molecule has 3 aliphatic rings. The van der Waals surface area contributed by atoms with E-state index >= 15 is 0 Å². The molecule has 8 nitrogen and oxygen atoms in total. The summed E-state index contributed by atoms with van der Waals surface area (Å²) in [6.07, 6.45) is 5.54. The Morgan fingerprint density at radius 2 is 2.13 bits per heavy atom. The van der Waals surface area contributed by atoms with Crippen LogP contribution >= 0.6 is 11.3 Å². The Morgan fingerprint density at radius 3 is 2.84 bits per heavy atom. The predicted molar refractivity (Wildman–Crippen MR) is 118 cm³/mol. The van der Waals surface area contributed by atoms with Crippen LogP contribution in [-0.4, -0.2) is 37.9 Å². The lowest BCUT2D eigenvalue weighted by atomic mass is 10.1. The lowest BCUT2D eigenvalue weighted by Gasteiger charge is -2.15. The molecule has 0 aliphatic carbocycles. The van der Waals surface area contributed by atoms with E-state index in [9.17, 15) is 9.59 Å². The number of hydrogen-bond acceptors (Lipinski definition) is 6. The van der Waals surface area contributed by atoms with Crippen molar-refractivity contribution in [2.45, 2.75) is 32.4 Å². The van der Waals surface area contributed by atoms with Crippen LogP contribution in [0.15, 0.2) is 52.9 Å². The Kier molecular flexibility index (Phi) is 5.13. The van der Waals surface area contributed by atoms with Crippen molar-refractivity contribution in [1.29, 1.82) is 0 Å². The highest BCUT2D eigenvalue weighted by atomic mass is 32.1. The first-order chi connectivity index (χ1) is 15.1. The third-order valence-corrected chi connectivity index (χ3v) is 6.12. The van der Waals surface area contributed by atoms with Crippen molar-refractivity contribution in [3.05, 3.63) is 69.7 Å². The van der Waals surface area contributed by atoms with Crippen LogP contribution in [0.5, 0.6) is 0 Å². The van der Waals surface area contributed by atoms with Gasteiger partial charge in [0.2, 0.25) is 0 Å². The number of carbonyl (C=O) groups excluding carboxylic acids is 1. The van der Waals surface area contributed by atoms with Crippen molar-refractivity contribution < 1.29 is 9.53 Å². The number of pyridine rings is 1. The van der Waals surface area contributed by atoms with Gasteiger partial charge in [0.05, 0.1) is 28.6 Å². The fraction of sp³-hybridized carbons (Fsp3) is 0.273. The predicted octanol–water partition coefficient (Wildman–Crippen LogP) is 3.34. The molecule has 1 N–H and O–H groups in total. The molecule has 1 saturated heterocycles. The summed E-state index contributed by atoms with van der Waals surface area (Å²) in [6.45, 7) is 3.18. The quantitative estimate of drug-likeness (QED) is 0.519. The van der Waals surface area contributed by atoms with Gasteiger partial charge in [0.15, 0.2) is 5.13 Å². The summed E-state index contributed by atoms with van der Waals surface area (Å²) in [7, 11) is 0. The van der Waals surface area contributed by atoms with Gasteiger partial charge in [0, 0.05) is 30.9 Å². The van der Waals surface area contributed by atoms with E-state index in [1.54, 1.807) is 12.4 Å². The molecule has 3 aliphatic heterocycles.